The number of esters is 1. The molecule has 2 aliphatic heterocycles. The molecule has 16 nitrogen and oxygen atoms in total. The molecule has 354 valence electrons. The largest absolute Gasteiger partial charge is 0.469 e. The molecule has 4 aromatic heterocycles. The van der Waals surface area contributed by atoms with Crippen LogP contribution in [0.4, 0.5) is 5.82 Å². The van der Waals surface area contributed by atoms with Gasteiger partial charge in [-0.1, -0.05) is 69.3 Å². The van der Waals surface area contributed by atoms with Crippen LogP contribution in [0.25, 0.3) is 26.6 Å². The fourth-order valence-electron chi connectivity index (χ4n) is 8.65. The molecule has 1 saturated heterocycles. The molecule has 1 fully saturated rings. The zero-order chi connectivity index (χ0) is 48.6. The van der Waals surface area contributed by atoms with Crippen LogP contribution in [0.3, 0.4) is 0 Å². The number of likely N-dealkylation sites (tertiary alicyclic amines) is 1. The van der Waals surface area contributed by atoms with E-state index >= 15 is 0 Å². The third-order valence-corrected chi connectivity index (χ3v) is 14.7. The molecule has 0 saturated carbocycles. The first-order valence-electron chi connectivity index (χ1n) is 22.5. The maximum absolute atomic E-state index is 14.2. The van der Waals surface area contributed by atoms with Crippen LogP contribution >= 0.6 is 22.7 Å². The Morgan fingerprint density at radius 3 is 2.24 bits per heavy atom. The van der Waals surface area contributed by atoms with Crippen molar-refractivity contribution in [2.45, 2.75) is 98.5 Å². The van der Waals surface area contributed by atoms with Crippen LogP contribution in [0.1, 0.15) is 97.1 Å². The quantitative estimate of drug-likeness (QED) is 0.0869. The van der Waals surface area contributed by atoms with Gasteiger partial charge < -0.3 is 30.7 Å². The third kappa shape index (κ3) is 9.84. The Balaban J connectivity index is 0.905. The number of nitrogens with one attached hydrogen (secondary N) is 3. The summed E-state index contributed by atoms with van der Waals surface area (Å²) in [4.78, 5) is 71.7. The van der Waals surface area contributed by atoms with Crippen molar-refractivity contribution in [2.24, 2.45) is 10.4 Å². The van der Waals surface area contributed by atoms with Gasteiger partial charge in [-0.3, -0.25) is 28.7 Å². The second kappa shape index (κ2) is 19.5. The first kappa shape index (κ1) is 47.8. The first-order valence-corrected chi connectivity index (χ1v) is 24.2. The number of carbonyl (C=O) groups is 4. The lowest BCUT2D eigenvalue weighted by molar-refractivity contribution is -0.144. The highest BCUT2D eigenvalue weighted by Crippen LogP contribution is 2.40. The molecule has 0 aliphatic carbocycles. The third-order valence-electron chi connectivity index (χ3n) is 12.6. The van der Waals surface area contributed by atoms with E-state index in [9.17, 15) is 24.3 Å². The molecule has 6 aromatic rings. The van der Waals surface area contributed by atoms with Crippen molar-refractivity contribution < 1.29 is 29.0 Å². The van der Waals surface area contributed by atoms with Gasteiger partial charge in [0.2, 0.25) is 17.7 Å². The summed E-state index contributed by atoms with van der Waals surface area (Å²) in [5.41, 5.74) is 9.46. The van der Waals surface area contributed by atoms with Gasteiger partial charge in [-0.15, -0.1) is 32.9 Å². The smallest absolute Gasteiger partial charge is 0.308 e. The van der Waals surface area contributed by atoms with Gasteiger partial charge in [0.05, 0.1) is 54.0 Å². The molecule has 0 unspecified atom stereocenters. The zero-order valence-corrected chi connectivity index (χ0v) is 41.2. The van der Waals surface area contributed by atoms with Crippen molar-refractivity contribution in [3.63, 3.8) is 0 Å². The number of β-amino-alcohol motifs (C(OH)–C–C–N with tert-alkyl or cyclic N) is 1. The van der Waals surface area contributed by atoms with Crippen LogP contribution in [-0.2, 0) is 23.9 Å². The number of nitrogens with zero attached hydrogens (tertiary/aromatic N) is 7. The van der Waals surface area contributed by atoms with E-state index < -0.39 is 47.4 Å². The SMILES string of the molecule is COC(=O)C[C@@H]1N=C(c2ccc(-c3ccc(NCC(=O)N[C@H](C(=O)N4C[C@H](O)C[C@H]4C(=O)N[C@@H](C)c4ccc(-c5scnc5C)cc4)C(C)(C)C)nc3)cc2)c2c(sc(C)c2C)-n2c(C)nnc21. The second-order valence-electron chi connectivity index (χ2n) is 18.4. The molecular weight excluding hydrogens is 901 g/mol. The van der Waals surface area contributed by atoms with Gasteiger partial charge in [0.25, 0.3) is 0 Å². The molecule has 6 heterocycles. The summed E-state index contributed by atoms with van der Waals surface area (Å²) in [6.45, 7) is 15.2. The van der Waals surface area contributed by atoms with Crippen molar-refractivity contribution in [1.82, 2.24) is 40.3 Å². The van der Waals surface area contributed by atoms with Crippen LogP contribution in [0, 0.1) is 33.1 Å². The number of pyridine rings is 1. The average molecular weight is 957 g/mol. The van der Waals surface area contributed by atoms with Crippen LogP contribution in [0.2, 0.25) is 0 Å². The van der Waals surface area contributed by atoms with E-state index in [0.717, 1.165) is 65.1 Å². The second-order valence-corrected chi connectivity index (χ2v) is 20.5. The van der Waals surface area contributed by atoms with Crippen LogP contribution in [0.15, 0.2) is 77.4 Å². The van der Waals surface area contributed by atoms with Gasteiger partial charge in [-0.05, 0) is 74.4 Å². The van der Waals surface area contributed by atoms with Crippen LogP contribution in [-0.4, -0.2) is 103 Å². The van der Waals surface area contributed by atoms with E-state index in [-0.39, 0.29) is 37.9 Å². The first-order chi connectivity index (χ1) is 32.4. The van der Waals surface area contributed by atoms with Gasteiger partial charge in [0, 0.05) is 40.7 Å². The van der Waals surface area contributed by atoms with Gasteiger partial charge in [0.1, 0.15) is 34.8 Å². The number of fused-ring (bicyclic) bond motifs is 3. The number of benzene rings is 2. The number of anilines is 1. The molecule has 0 bridgehead atoms. The monoisotopic (exact) mass is 956 g/mol. The Morgan fingerprint density at radius 1 is 0.897 bits per heavy atom. The predicted molar refractivity (Wildman–Crippen MR) is 263 cm³/mol. The summed E-state index contributed by atoms with van der Waals surface area (Å²) in [6, 6.07) is 16.8. The van der Waals surface area contributed by atoms with Crippen molar-refractivity contribution in [3.05, 3.63) is 117 Å². The summed E-state index contributed by atoms with van der Waals surface area (Å²) in [5.74, 6) is 0.115. The number of aryl methyl sites for hydroxylation is 3. The highest BCUT2D eigenvalue weighted by molar-refractivity contribution is 7.15. The number of rotatable bonds is 13. The van der Waals surface area contributed by atoms with Gasteiger partial charge >= 0.3 is 5.97 Å². The molecule has 4 N–H and O–H groups in total. The van der Waals surface area contributed by atoms with Gasteiger partial charge in [-0.2, -0.15) is 0 Å². The van der Waals surface area contributed by atoms with Gasteiger partial charge in [0.15, 0.2) is 5.82 Å². The summed E-state index contributed by atoms with van der Waals surface area (Å²) in [6.07, 6.45) is 0.926. The fourth-order valence-corrected chi connectivity index (χ4v) is 10.7. The summed E-state index contributed by atoms with van der Waals surface area (Å²) in [7, 11) is 1.36. The van der Waals surface area contributed by atoms with Crippen molar-refractivity contribution in [3.8, 4) is 26.6 Å². The summed E-state index contributed by atoms with van der Waals surface area (Å²) >= 11 is 3.22. The Hall–Kier alpha value is -6.63. The minimum Gasteiger partial charge on any atom is -0.469 e. The number of aliphatic imine (C=N–C) groups is 1. The van der Waals surface area contributed by atoms with E-state index in [2.05, 4.69) is 50.0 Å². The Morgan fingerprint density at radius 2 is 1.59 bits per heavy atom. The standard InChI is InChI=1S/C50H56N10O6S2/c1-26-29(4)68-49-42(26)43(55-37(21-41(63)66-9)46-58-57-30(5)60(46)49)33-14-12-32(13-15-33)35-18-19-39(51-22-35)52-23-40(62)56-45(50(6,7)8)48(65)59-24-36(61)20-38(59)47(64)54-27(2)31-10-16-34(17-11-31)44-28(3)53-25-67-44/h10-19,22,25,27,36-38,45,61H,20-21,23-24H2,1-9H3,(H,51,52)(H,54,64)(H,56,62)/t27-,36+,37-,38-,45+/m0/s1. The average Bonchev–Trinajstić information content (AvgIpc) is 4.09. The molecule has 8 rings (SSSR count). The number of amides is 3. The minimum atomic E-state index is -0.985. The number of hydrogen-bond donors (Lipinski definition) is 4. The Labute approximate surface area is 403 Å². The molecule has 68 heavy (non-hydrogen) atoms. The van der Waals surface area contributed by atoms with E-state index in [0.29, 0.717) is 17.5 Å². The lowest BCUT2D eigenvalue weighted by Crippen LogP contribution is -2.58. The number of thiophene rings is 1. The molecule has 3 amide bonds. The number of thiazole rings is 1. The number of aliphatic hydroxyl groups excluding tert-OH is 1. The van der Waals surface area contributed by atoms with Crippen molar-refractivity contribution >= 4 is 57.9 Å². The zero-order valence-electron chi connectivity index (χ0n) is 39.6. The van der Waals surface area contributed by atoms with Crippen molar-refractivity contribution in [1.29, 1.82) is 0 Å². The van der Waals surface area contributed by atoms with E-state index in [1.54, 1.807) is 34.9 Å². The van der Waals surface area contributed by atoms with Crippen LogP contribution in [0.5, 0.6) is 0 Å². The Kier molecular flexibility index (Phi) is 13.7. The number of hydrogen-bond acceptors (Lipinski definition) is 14. The van der Waals surface area contributed by atoms with Gasteiger partial charge in [-0.25, -0.2) is 9.97 Å². The molecule has 2 aliphatic rings. The predicted octanol–water partition coefficient (Wildman–Crippen LogP) is 6.99. The van der Waals surface area contributed by atoms with E-state index in [4.69, 9.17) is 9.73 Å². The number of carbonyl (C=O) groups excluding carboxylic acids is 4. The molecule has 5 atom stereocenters. The molecule has 0 spiro atoms. The number of ether oxygens (including phenoxy) is 1. The number of methoxy groups -OCH3 is 1. The summed E-state index contributed by atoms with van der Waals surface area (Å²) in [5, 5.41) is 29.4. The lowest BCUT2D eigenvalue weighted by atomic mass is 9.85. The molecule has 18 heteroatoms. The fraction of sp³-hybridized carbons (Fsp3) is 0.380. The maximum atomic E-state index is 14.2. The van der Waals surface area contributed by atoms with Crippen molar-refractivity contribution in [2.75, 3.05) is 25.5 Å². The molecule has 0 radical (unpaired) electrons. The van der Waals surface area contributed by atoms with E-state index in [1.165, 1.54) is 12.0 Å². The molecular formula is C50H56N10O6S2. The Bertz CT molecular complexity index is 2880. The molecule has 2 aromatic carbocycles. The summed E-state index contributed by atoms with van der Waals surface area (Å²) < 4.78 is 7.03. The normalized spacial score (nSPS) is 17.6. The minimum absolute atomic E-state index is 0.0164. The maximum Gasteiger partial charge on any atom is 0.308 e. The van der Waals surface area contributed by atoms with Crippen LogP contribution < -0.4 is 16.0 Å². The highest BCUT2D eigenvalue weighted by Gasteiger charge is 2.45. The number of aromatic nitrogens is 5. The highest BCUT2D eigenvalue weighted by atomic mass is 32.1. The van der Waals surface area contributed by atoms with E-state index in [1.807, 2.05) is 106 Å². The topological polar surface area (TPSA) is 206 Å². The number of aliphatic hydroxyl groups is 1. The lowest BCUT2D eigenvalue weighted by Gasteiger charge is -2.35.